The Morgan fingerprint density at radius 2 is 2.05 bits per heavy atom. The number of hydrogen-bond acceptors (Lipinski definition) is 2. The number of aryl methyl sites for hydroxylation is 1. The van der Waals surface area contributed by atoms with Crippen molar-refractivity contribution in [2.24, 2.45) is 5.41 Å². The van der Waals surface area contributed by atoms with Crippen molar-refractivity contribution >= 4 is 17.7 Å². The Bertz CT molecular complexity index is 567. The van der Waals surface area contributed by atoms with Gasteiger partial charge in [-0.05, 0) is 37.3 Å². The smallest absolute Gasteiger partial charge is 0.337 e. The van der Waals surface area contributed by atoms with Gasteiger partial charge in [0.15, 0.2) is 0 Å². The van der Waals surface area contributed by atoms with Gasteiger partial charge < -0.3 is 15.3 Å². The average Bonchev–Trinajstić information content (AvgIpc) is 2.39. The molecule has 0 aliphatic carbocycles. The Balaban J connectivity index is 2.14. The SMILES string of the molecule is Cc1ccc(NC(=O)N2CCCC(C)(C)C2)c(C(=O)O)c1. The number of carboxylic acid groups (broad SMARTS) is 1. The monoisotopic (exact) mass is 290 g/mol. The van der Waals surface area contributed by atoms with Crippen LogP contribution < -0.4 is 5.32 Å². The van der Waals surface area contributed by atoms with E-state index in [-0.39, 0.29) is 17.0 Å². The van der Waals surface area contributed by atoms with Crippen molar-refractivity contribution in [2.45, 2.75) is 33.6 Å². The third kappa shape index (κ3) is 3.74. The number of carbonyl (C=O) groups excluding carboxylic acids is 1. The highest BCUT2D eigenvalue weighted by Crippen LogP contribution is 2.29. The van der Waals surface area contributed by atoms with Gasteiger partial charge >= 0.3 is 12.0 Å². The summed E-state index contributed by atoms with van der Waals surface area (Å²) in [5.41, 5.74) is 1.43. The predicted octanol–water partition coefficient (Wildman–Crippen LogP) is 3.35. The minimum atomic E-state index is -1.03. The second-order valence-electron chi connectivity index (χ2n) is 6.47. The zero-order valence-corrected chi connectivity index (χ0v) is 12.8. The minimum Gasteiger partial charge on any atom is -0.478 e. The predicted molar refractivity (Wildman–Crippen MR) is 81.7 cm³/mol. The van der Waals surface area contributed by atoms with Crippen LogP contribution >= 0.6 is 0 Å². The molecule has 1 aromatic rings. The highest BCUT2D eigenvalue weighted by atomic mass is 16.4. The molecular formula is C16H22N2O3. The number of piperidine rings is 1. The van der Waals surface area contributed by atoms with E-state index >= 15 is 0 Å². The third-order valence-corrected chi connectivity index (χ3v) is 3.83. The van der Waals surface area contributed by atoms with E-state index in [9.17, 15) is 14.7 Å². The van der Waals surface area contributed by atoms with E-state index in [1.807, 2.05) is 6.92 Å². The molecule has 0 aromatic heterocycles. The number of aromatic carboxylic acids is 1. The van der Waals surface area contributed by atoms with Crippen molar-refractivity contribution in [1.29, 1.82) is 0 Å². The van der Waals surface area contributed by atoms with Crippen molar-refractivity contribution in [3.05, 3.63) is 29.3 Å². The summed E-state index contributed by atoms with van der Waals surface area (Å²) in [6.45, 7) is 7.50. The summed E-state index contributed by atoms with van der Waals surface area (Å²) in [6.07, 6.45) is 2.07. The van der Waals surface area contributed by atoms with E-state index in [1.165, 1.54) is 0 Å². The lowest BCUT2D eigenvalue weighted by atomic mass is 9.84. The lowest BCUT2D eigenvalue weighted by Crippen LogP contribution is -2.45. The Labute approximate surface area is 125 Å². The van der Waals surface area contributed by atoms with Crippen LogP contribution in [-0.4, -0.2) is 35.1 Å². The topological polar surface area (TPSA) is 69.6 Å². The average molecular weight is 290 g/mol. The maximum absolute atomic E-state index is 12.3. The quantitative estimate of drug-likeness (QED) is 0.877. The fraction of sp³-hybridized carbons (Fsp3) is 0.500. The first-order chi connectivity index (χ1) is 9.78. The molecule has 2 rings (SSSR count). The summed E-state index contributed by atoms with van der Waals surface area (Å²) >= 11 is 0. The molecule has 1 fully saturated rings. The number of hydrogen-bond donors (Lipinski definition) is 2. The third-order valence-electron chi connectivity index (χ3n) is 3.83. The Hall–Kier alpha value is -2.04. The molecule has 0 radical (unpaired) electrons. The molecular weight excluding hydrogens is 268 g/mol. The molecule has 5 heteroatoms. The van der Waals surface area contributed by atoms with E-state index in [4.69, 9.17) is 0 Å². The normalized spacial score (nSPS) is 17.4. The van der Waals surface area contributed by atoms with Crippen LogP contribution in [0.1, 0.15) is 42.6 Å². The largest absolute Gasteiger partial charge is 0.478 e. The Morgan fingerprint density at radius 1 is 1.33 bits per heavy atom. The second-order valence-corrected chi connectivity index (χ2v) is 6.47. The fourth-order valence-electron chi connectivity index (χ4n) is 2.73. The summed E-state index contributed by atoms with van der Waals surface area (Å²) in [4.78, 5) is 25.4. The molecule has 0 spiro atoms. The van der Waals surface area contributed by atoms with Crippen LogP contribution in [0.4, 0.5) is 10.5 Å². The van der Waals surface area contributed by atoms with Crippen LogP contribution in [-0.2, 0) is 0 Å². The van der Waals surface area contributed by atoms with Gasteiger partial charge in [-0.2, -0.15) is 0 Å². The molecule has 0 bridgehead atoms. The van der Waals surface area contributed by atoms with Gasteiger partial charge in [0.05, 0.1) is 11.3 Å². The zero-order chi connectivity index (χ0) is 15.6. The van der Waals surface area contributed by atoms with Crippen molar-refractivity contribution in [2.75, 3.05) is 18.4 Å². The standard InChI is InChI=1S/C16H22N2O3/c1-11-5-6-13(12(9-11)14(19)20)17-15(21)18-8-4-7-16(2,3)10-18/h5-6,9H,4,7-8,10H2,1-3H3,(H,17,21)(H,19,20). The number of anilines is 1. The maximum Gasteiger partial charge on any atom is 0.337 e. The molecule has 1 saturated heterocycles. The van der Waals surface area contributed by atoms with Crippen LogP contribution in [0.25, 0.3) is 0 Å². The van der Waals surface area contributed by atoms with Gasteiger partial charge in [-0.25, -0.2) is 9.59 Å². The van der Waals surface area contributed by atoms with E-state index in [1.54, 1.807) is 23.1 Å². The van der Waals surface area contributed by atoms with Gasteiger partial charge in [-0.15, -0.1) is 0 Å². The Kier molecular flexibility index (Phi) is 4.21. The number of likely N-dealkylation sites (tertiary alicyclic amines) is 1. The second kappa shape index (κ2) is 5.76. The first-order valence-corrected chi connectivity index (χ1v) is 7.18. The number of carbonyl (C=O) groups is 2. The molecule has 0 saturated carbocycles. The molecule has 114 valence electrons. The first kappa shape index (κ1) is 15.4. The molecule has 1 aliphatic heterocycles. The van der Waals surface area contributed by atoms with Crippen molar-refractivity contribution < 1.29 is 14.7 Å². The van der Waals surface area contributed by atoms with Crippen LogP contribution in [0, 0.1) is 12.3 Å². The van der Waals surface area contributed by atoms with Gasteiger partial charge in [-0.3, -0.25) is 0 Å². The zero-order valence-electron chi connectivity index (χ0n) is 12.8. The van der Waals surface area contributed by atoms with Crippen LogP contribution in [0.5, 0.6) is 0 Å². The molecule has 0 unspecified atom stereocenters. The van der Waals surface area contributed by atoms with Gasteiger partial charge in [0.2, 0.25) is 0 Å². The van der Waals surface area contributed by atoms with Crippen molar-refractivity contribution in [1.82, 2.24) is 4.90 Å². The van der Waals surface area contributed by atoms with Crippen molar-refractivity contribution in [3.8, 4) is 0 Å². The number of nitrogens with one attached hydrogen (secondary N) is 1. The fourth-order valence-corrected chi connectivity index (χ4v) is 2.73. The number of carboxylic acids is 1. The van der Waals surface area contributed by atoms with E-state index in [0.29, 0.717) is 18.8 Å². The summed E-state index contributed by atoms with van der Waals surface area (Å²) in [6, 6.07) is 4.78. The summed E-state index contributed by atoms with van der Waals surface area (Å²) in [5, 5.41) is 12.0. The van der Waals surface area contributed by atoms with Gasteiger partial charge in [-0.1, -0.05) is 25.5 Å². The molecule has 5 nitrogen and oxygen atoms in total. The minimum absolute atomic E-state index is 0.110. The highest BCUT2D eigenvalue weighted by molar-refractivity contribution is 6.00. The number of benzene rings is 1. The molecule has 1 aromatic carbocycles. The summed E-state index contributed by atoms with van der Waals surface area (Å²) in [7, 11) is 0. The maximum atomic E-state index is 12.3. The van der Waals surface area contributed by atoms with E-state index in [0.717, 1.165) is 18.4 Å². The van der Waals surface area contributed by atoms with Gasteiger partial charge in [0.25, 0.3) is 0 Å². The summed E-state index contributed by atoms with van der Waals surface area (Å²) in [5.74, 6) is -1.03. The Morgan fingerprint density at radius 3 is 2.67 bits per heavy atom. The molecule has 0 atom stereocenters. The van der Waals surface area contributed by atoms with Crippen molar-refractivity contribution in [3.63, 3.8) is 0 Å². The first-order valence-electron chi connectivity index (χ1n) is 7.18. The van der Waals surface area contributed by atoms with Gasteiger partial charge in [0.1, 0.15) is 0 Å². The number of urea groups is 1. The lowest BCUT2D eigenvalue weighted by molar-refractivity contribution is 0.0698. The van der Waals surface area contributed by atoms with Crippen LogP contribution in [0.15, 0.2) is 18.2 Å². The molecule has 1 aliphatic rings. The molecule has 21 heavy (non-hydrogen) atoms. The number of nitrogens with zero attached hydrogens (tertiary/aromatic N) is 1. The van der Waals surface area contributed by atoms with Crippen LogP contribution in [0.3, 0.4) is 0 Å². The highest BCUT2D eigenvalue weighted by Gasteiger charge is 2.29. The van der Waals surface area contributed by atoms with E-state index in [2.05, 4.69) is 19.2 Å². The van der Waals surface area contributed by atoms with E-state index < -0.39 is 5.97 Å². The molecule has 2 N–H and O–H groups in total. The van der Waals surface area contributed by atoms with Crippen LogP contribution in [0.2, 0.25) is 0 Å². The lowest BCUT2D eigenvalue weighted by Gasteiger charge is -2.38. The molecule has 1 heterocycles. The van der Waals surface area contributed by atoms with Gasteiger partial charge in [0, 0.05) is 13.1 Å². The molecule has 2 amide bonds. The number of amides is 2. The summed E-state index contributed by atoms with van der Waals surface area (Å²) < 4.78 is 0. The number of rotatable bonds is 2.